The molecule has 0 aliphatic carbocycles. The van der Waals surface area contributed by atoms with Gasteiger partial charge in [-0.1, -0.05) is 0 Å². The second-order valence-corrected chi connectivity index (χ2v) is 2.82. The second-order valence-electron chi connectivity index (χ2n) is 2.82. The summed E-state index contributed by atoms with van der Waals surface area (Å²) < 4.78 is 17.6. The number of esters is 1. The molecule has 0 saturated heterocycles. The van der Waals surface area contributed by atoms with Crippen LogP contribution in [0.15, 0.2) is 18.2 Å². The molecule has 0 bridgehead atoms. The number of methoxy groups -OCH3 is 1. The number of aliphatic carboxylic acids is 1. The molecule has 1 N–H and O–H groups in total. The Kier molecular flexibility index (Phi) is 3.34. The van der Waals surface area contributed by atoms with Crippen molar-refractivity contribution in [2.75, 3.05) is 7.11 Å². The number of hydrogen-bond acceptors (Lipinski definition) is 4. The number of ether oxygens (including phenoxy) is 1. The summed E-state index contributed by atoms with van der Waals surface area (Å²) in [4.78, 5) is 32.3. The summed E-state index contributed by atoms with van der Waals surface area (Å²) >= 11 is 0. The zero-order chi connectivity index (χ0) is 12.3. The lowest BCUT2D eigenvalue weighted by Crippen LogP contribution is -2.15. The highest BCUT2D eigenvalue weighted by Crippen LogP contribution is 2.12. The van der Waals surface area contributed by atoms with E-state index in [1.807, 2.05) is 0 Å². The summed E-state index contributed by atoms with van der Waals surface area (Å²) in [5, 5.41) is 8.38. The fourth-order valence-electron chi connectivity index (χ4n) is 1.06. The van der Waals surface area contributed by atoms with Crippen LogP contribution in [0.3, 0.4) is 0 Å². The van der Waals surface area contributed by atoms with Crippen molar-refractivity contribution in [2.45, 2.75) is 0 Å². The molecule has 0 unspecified atom stereocenters. The average Bonchev–Trinajstić information content (AvgIpc) is 2.26. The molecule has 0 amide bonds. The van der Waals surface area contributed by atoms with Gasteiger partial charge in [-0.15, -0.1) is 0 Å². The van der Waals surface area contributed by atoms with Crippen molar-refractivity contribution in [3.8, 4) is 0 Å². The first-order chi connectivity index (χ1) is 7.47. The standard InChI is InChI=1S/C10H7FO5/c1-16-10(15)5-2-3-6(7(11)4-5)8(12)9(13)14/h2-4H,1H3,(H,13,14). The van der Waals surface area contributed by atoms with Crippen molar-refractivity contribution in [3.63, 3.8) is 0 Å². The van der Waals surface area contributed by atoms with Gasteiger partial charge in [0, 0.05) is 0 Å². The quantitative estimate of drug-likeness (QED) is 0.470. The van der Waals surface area contributed by atoms with Gasteiger partial charge in [0.05, 0.1) is 18.2 Å². The van der Waals surface area contributed by atoms with E-state index in [9.17, 15) is 18.8 Å². The molecule has 0 saturated carbocycles. The third kappa shape index (κ3) is 2.22. The number of hydrogen-bond donors (Lipinski definition) is 1. The van der Waals surface area contributed by atoms with Crippen LogP contribution in [-0.4, -0.2) is 29.9 Å². The van der Waals surface area contributed by atoms with Crippen LogP contribution < -0.4 is 0 Å². The smallest absolute Gasteiger partial charge is 0.377 e. The molecule has 0 fully saturated rings. The van der Waals surface area contributed by atoms with Crippen LogP contribution in [0.5, 0.6) is 0 Å². The number of rotatable bonds is 3. The first-order valence-electron chi connectivity index (χ1n) is 4.13. The summed E-state index contributed by atoms with van der Waals surface area (Å²) in [6.07, 6.45) is 0. The van der Waals surface area contributed by atoms with Gasteiger partial charge in [-0.05, 0) is 18.2 Å². The molecule has 0 atom stereocenters. The summed E-state index contributed by atoms with van der Waals surface area (Å²) in [5.74, 6) is -4.97. The van der Waals surface area contributed by atoms with Gasteiger partial charge in [0.25, 0.3) is 5.78 Å². The molecular formula is C10H7FO5. The lowest BCUT2D eigenvalue weighted by Gasteiger charge is -2.02. The molecule has 84 valence electrons. The van der Waals surface area contributed by atoms with E-state index in [0.717, 1.165) is 25.3 Å². The first kappa shape index (κ1) is 11.8. The van der Waals surface area contributed by atoms with E-state index < -0.39 is 29.1 Å². The van der Waals surface area contributed by atoms with Crippen LogP contribution in [0.2, 0.25) is 0 Å². The zero-order valence-corrected chi connectivity index (χ0v) is 8.19. The zero-order valence-electron chi connectivity index (χ0n) is 8.19. The Labute approximate surface area is 89.4 Å². The summed E-state index contributed by atoms with van der Waals surface area (Å²) in [6, 6.07) is 2.80. The molecule has 1 rings (SSSR count). The Morgan fingerprint density at radius 2 is 1.94 bits per heavy atom. The summed E-state index contributed by atoms with van der Waals surface area (Å²) in [7, 11) is 1.12. The number of carboxylic acids is 1. The molecular weight excluding hydrogens is 219 g/mol. The molecule has 5 nitrogen and oxygen atoms in total. The molecule has 0 radical (unpaired) electrons. The maximum Gasteiger partial charge on any atom is 0.377 e. The number of halogens is 1. The van der Waals surface area contributed by atoms with Crippen LogP contribution in [0.1, 0.15) is 20.7 Å². The third-order valence-electron chi connectivity index (χ3n) is 1.83. The molecule has 0 aromatic heterocycles. The second kappa shape index (κ2) is 4.52. The number of benzene rings is 1. The van der Waals surface area contributed by atoms with E-state index >= 15 is 0 Å². The van der Waals surface area contributed by atoms with Gasteiger partial charge >= 0.3 is 11.9 Å². The van der Waals surface area contributed by atoms with E-state index in [2.05, 4.69) is 4.74 Å². The predicted molar refractivity (Wildman–Crippen MR) is 49.7 cm³/mol. The van der Waals surface area contributed by atoms with Crippen LogP contribution in [0.4, 0.5) is 4.39 Å². The minimum absolute atomic E-state index is 0.0954. The third-order valence-corrected chi connectivity index (χ3v) is 1.83. The van der Waals surface area contributed by atoms with E-state index in [1.54, 1.807) is 0 Å². The first-order valence-corrected chi connectivity index (χ1v) is 4.13. The van der Waals surface area contributed by atoms with Crippen molar-refractivity contribution in [1.29, 1.82) is 0 Å². The number of carbonyl (C=O) groups is 3. The van der Waals surface area contributed by atoms with E-state index in [4.69, 9.17) is 5.11 Å². The topological polar surface area (TPSA) is 80.7 Å². The number of carbonyl (C=O) groups excluding carboxylic acids is 2. The maximum absolute atomic E-state index is 13.3. The molecule has 6 heteroatoms. The van der Waals surface area contributed by atoms with E-state index in [1.165, 1.54) is 0 Å². The lowest BCUT2D eigenvalue weighted by molar-refractivity contribution is -0.131. The van der Waals surface area contributed by atoms with Gasteiger partial charge in [0.15, 0.2) is 0 Å². The monoisotopic (exact) mass is 226 g/mol. The number of ketones is 1. The molecule has 0 heterocycles. The highest BCUT2D eigenvalue weighted by molar-refractivity contribution is 6.39. The fourth-order valence-corrected chi connectivity index (χ4v) is 1.06. The Morgan fingerprint density at radius 1 is 1.31 bits per heavy atom. The Bertz CT molecular complexity index is 466. The van der Waals surface area contributed by atoms with E-state index in [0.29, 0.717) is 0 Å². The average molecular weight is 226 g/mol. The van der Waals surface area contributed by atoms with Gasteiger partial charge in [-0.2, -0.15) is 0 Å². The van der Waals surface area contributed by atoms with Crippen molar-refractivity contribution < 1.29 is 28.6 Å². The minimum atomic E-state index is -1.76. The Morgan fingerprint density at radius 3 is 2.38 bits per heavy atom. The van der Waals surface area contributed by atoms with Gasteiger partial charge in [0.2, 0.25) is 0 Å². The maximum atomic E-state index is 13.3. The molecule has 1 aromatic carbocycles. The summed E-state index contributed by atoms with van der Waals surface area (Å²) in [6.45, 7) is 0. The minimum Gasteiger partial charge on any atom is -0.475 e. The SMILES string of the molecule is COC(=O)c1ccc(C(=O)C(=O)O)c(F)c1. The lowest BCUT2D eigenvalue weighted by atomic mass is 10.1. The highest BCUT2D eigenvalue weighted by atomic mass is 19.1. The normalized spacial score (nSPS) is 9.62. The Hall–Kier alpha value is -2.24. The van der Waals surface area contributed by atoms with Gasteiger partial charge in [0.1, 0.15) is 5.82 Å². The summed E-state index contributed by atoms with van der Waals surface area (Å²) in [5.41, 5.74) is -0.693. The van der Waals surface area contributed by atoms with E-state index in [-0.39, 0.29) is 5.56 Å². The molecule has 0 aliphatic rings. The van der Waals surface area contributed by atoms with Crippen LogP contribution in [0.25, 0.3) is 0 Å². The van der Waals surface area contributed by atoms with Gasteiger partial charge in [-0.25, -0.2) is 14.0 Å². The molecule has 0 aliphatic heterocycles. The van der Waals surface area contributed by atoms with Crippen molar-refractivity contribution in [2.24, 2.45) is 0 Å². The van der Waals surface area contributed by atoms with Crippen LogP contribution >= 0.6 is 0 Å². The predicted octanol–water partition coefficient (Wildman–Crippen LogP) is 0.880. The van der Waals surface area contributed by atoms with Crippen molar-refractivity contribution in [3.05, 3.63) is 35.1 Å². The van der Waals surface area contributed by atoms with Crippen LogP contribution in [0, 0.1) is 5.82 Å². The highest BCUT2D eigenvalue weighted by Gasteiger charge is 2.20. The number of carboxylic acid groups (broad SMARTS) is 1. The molecule has 16 heavy (non-hydrogen) atoms. The van der Waals surface area contributed by atoms with Crippen molar-refractivity contribution in [1.82, 2.24) is 0 Å². The van der Waals surface area contributed by atoms with Crippen molar-refractivity contribution >= 4 is 17.7 Å². The fraction of sp³-hybridized carbons (Fsp3) is 0.100. The van der Waals surface area contributed by atoms with Gasteiger partial charge in [-0.3, -0.25) is 4.79 Å². The van der Waals surface area contributed by atoms with Gasteiger partial charge < -0.3 is 9.84 Å². The van der Waals surface area contributed by atoms with Crippen LogP contribution in [-0.2, 0) is 9.53 Å². The Balaban J connectivity index is 3.14. The molecule has 1 aromatic rings. The largest absolute Gasteiger partial charge is 0.475 e. The molecule has 0 spiro atoms. The number of Topliss-reactive ketones (excluding diaryl/α,β-unsaturated/α-hetero) is 1.